The van der Waals surface area contributed by atoms with Crippen molar-refractivity contribution in [3.8, 4) is 11.8 Å². The van der Waals surface area contributed by atoms with E-state index in [1.807, 2.05) is 18.2 Å². The molecule has 3 rings (SSSR count). The first-order chi connectivity index (χ1) is 14.4. The number of carbonyl (C=O) groups excluding carboxylic acids is 1. The molecule has 0 unspecified atom stereocenters. The summed E-state index contributed by atoms with van der Waals surface area (Å²) in [5.41, 5.74) is 1.98. The van der Waals surface area contributed by atoms with Gasteiger partial charge < -0.3 is 5.32 Å². The number of halogens is 1. The van der Waals surface area contributed by atoms with Crippen LogP contribution in [0.2, 0.25) is 5.02 Å². The number of nitriles is 1. The van der Waals surface area contributed by atoms with Crippen LogP contribution in [0.3, 0.4) is 0 Å². The minimum absolute atomic E-state index is 0.0289. The van der Waals surface area contributed by atoms with Gasteiger partial charge >= 0.3 is 0 Å². The van der Waals surface area contributed by atoms with Crippen LogP contribution in [0.15, 0.2) is 65.8 Å². The first-order valence-electron chi connectivity index (χ1n) is 8.93. The zero-order valence-corrected chi connectivity index (χ0v) is 17.3. The van der Waals surface area contributed by atoms with Crippen LogP contribution in [-0.2, 0) is 16.6 Å². The van der Waals surface area contributed by atoms with E-state index in [-0.39, 0.29) is 30.3 Å². The van der Waals surface area contributed by atoms with Gasteiger partial charge in [-0.2, -0.15) is 10.4 Å². The maximum absolute atomic E-state index is 12.4. The number of sulfonamides is 1. The first-order valence-corrected chi connectivity index (χ1v) is 10.8. The summed E-state index contributed by atoms with van der Waals surface area (Å²) >= 11 is 5.88. The number of benzene rings is 2. The number of hydrogen-bond acceptors (Lipinski definition) is 5. The van der Waals surface area contributed by atoms with E-state index in [4.69, 9.17) is 16.9 Å². The fourth-order valence-electron chi connectivity index (χ4n) is 2.58. The van der Waals surface area contributed by atoms with Crippen molar-refractivity contribution in [1.29, 1.82) is 5.26 Å². The van der Waals surface area contributed by atoms with Crippen LogP contribution in [0.1, 0.15) is 22.3 Å². The molecule has 0 fully saturated rings. The van der Waals surface area contributed by atoms with E-state index in [2.05, 4.69) is 15.1 Å². The molecule has 0 aliphatic rings. The van der Waals surface area contributed by atoms with Gasteiger partial charge in [0.05, 0.1) is 22.8 Å². The largest absolute Gasteiger partial charge is 0.348 e. The second kappa shape index (κ2) is 9.54. The molecule has 2 N–H and O–H groups in total. The molecule has 1 heterocycles. The lowest BCUT2D eigenvalue weighted by Gasteiger charge is -2.07. The Labute approximate surface area is 179 Å². The molecule has 8 nitrogen and oxygen atoms in total. The summed E-state index contributed by atoms with van der Waals surface area (Å²) in [6.07, 6.45) is 3.53. The van der Waals surface area contributed by atoms with Crippen molar-refractivity contribution in [2.75, 3.05) is 6.54 Å². The van der Waals surface area contributed by atoms with Crippen LogP contribution in [0.5, 0.6) is 0 Å². The van der Waals surface area contributed by atoms with Gasteiger partial charge in [0.2, 0.25) is 10.0 Å². The van der Waals surface area contributed by atoms with Gasteiger partial charge in [-0.15, -0.1) is 0 Å². The molecule has 0 aliphatic carbocycles. The van der Waals surface area contributed by atoms with Crippen LogP contribution in [0.25, 0.3) is 5.69 Å². The van der Waals surface area contributed by atoms with Gasteiger partial charge in [-0.1, -0.05) is 11.6 Å². The van der Waals surface area contributed by atoms with Crippen molar-refractivity contribution in [2.24, 2.45) is 0 Å². The van der Waals surface area contributed by atoms with E-state index in [0.29, 0.717) is 10.6 Å². The lowest BCUT2D eigenvalue weighted by atomic mass is 10.2. The number of amides is 1. The molecule has 30 heavy (non-hydrogen) atoms. The third kappa shape index (κ3) is 5.45. The lowest BCUT2D eigenvalue weighted by Crippen LogP contribution is -2.25. The number of nitrogens with one attached hydrogen (secondary N) is 2. The van der Waals surface area contributed by atoms with Crippen LogP contribution in [-0.4, -0.2) is 30.7 Å². The highest BCUT2D eigenvalue weighted by Crippen LogP contribution is 2.14. The smallest absolute Gasteiger partial charge is 0.251 e. The molecule has 0 aliphatic heterocycles. The normalized spacial score (nSPS) is 11.1. The molecular weight excluding hydrogens is 426 g/mol. The minimum atomic E-state index is -3.71. The lowest BCUT2D eigenvalue weighted by molar-refractivity contribution is 0.0951. The SMILES string of the molecule is N#CCCNS(=O)(=O)c1ccc(C(=O)NCc2cnn(-c3ccc(Cl)cc3)c2)cc1. The summed E-state index contributed by atoms with van der Waals surface area (Å²) in [6.45, 7) is 0.299. The molecule has 3 aromatic rings. The van der Waals surface area contributed by atoms with E-state index in [9.17, 15) is 13.2 Å². The third-order valence-electron chi connectivity index (χ3n) is 4.14. The van der Waals surface area contributed by atoms with Gasteiger partial charge in [0.25, 0.3) is 5.91 Å². The van der Waals surface area contributed by atoms with Crippen molar-refractivity contribution in [2.45, 2.75) is 17.9 Å². The fourth-order valence-corrected chi connectivity index (χ4v) is 3.74. The summed E-state index contributed by atoms with van der Waals surface area (Å²) < 4.78 is 28.2. The highest BCUT2D eigenvalue weighted by atomic mass is 35.5. The number of aromatic nitrogens is 2. The standard InChI is InChI=1S/C20H18ClN5O3S/c21-17-4-6-18(7-5-17)26-14-15(13-24-26)12-23-20(27)16-2-8-19(9-3-16)30(28,29)25-11-1-10-22/h2-9,13-14,25H,1,11-12H2,(H,23,27). The van der Waals surface area contributed by atoms with Gasteiger partial charge in [-0.05, 0) is 48.5 Å². The molecule has 10 heteroatoms. The Bertz CT molecular complexity index is 1170. The number of hydrogen-bond donors (Lipinski definition) is 2. The van der Waals surface area contributed by atoms with Crippen LogP contribution >= 0.6 is 11.6 Å². The Kier molecular flexibility index (Phi) is 6.84. The summed E-state index contributed by atoms with van der Waals surface area (Å²) in [5, 5.41) is 16.2. The molecule has 0 saturated heterocycles. The summed E-state index contributed by atoms with van der Waals surface area (Å²) in [4.78, 5) is 12.4. The Morgan fingerprint density at radius 1 is 1.13 bits per heavy atom. The number of carbonyl (C=O) groups is 1. The molecular formula is C20H18ClN5O3S. The van der Waals surface area contributed by atoms with Crippen molar-refractivity contribution in [3.63, 3.8) is 0 Å². The predicted octanol–water partition coefficient (Wildman–Crippen LogP) is 2.65. The molecule has 0 radical (unpaired) electrons. The van der Waals surface area contributed by atoms with Crippen LogP contribution < -0.4 is 10.0 Å². The van der Waals surface area contributed by atoms with E-state index < -0.39 is 10.0 Å². The monoisotopic (exact) mass is 443 g/mol. The average Bonchev–Trinajstić information content (AvgIpc) is 3.22. The summed E-state index contributed by atoms with van der Waals surface area (Å²) in [7, 11) is -3.71. The molecule has 1 amide bonds. The van der Waals surface area contributed by atoms with Crippen molar-refractivity contribution < 1.29 is 13.2 Å². The molecule has 0 atom stereocenters. The molecule has 0 saturated carbocycles. The quantitative estimate of drug-likeness (QED) is 0.519. The fraction of sp³-hybridized carbons (Fsp3) is 0.150. The molecule has 0 bridgehead atoms. The van der Waals surface area contributed by atoms with Crippen molar-refractivity contribution in [1.82, 2.24) is 19.8 Å². The zero-order chi connectivity index (χ0) is 21.6. The Morgan fingerprint density at radius 2 is 1.83 bits per heavy atom. The van der Waals surface area contributed by atoms with E-state index in [1.54, 1.807) is 29.2 Å². The number of nitrogens with zero attached hydrogens (tertiary/aromatic N) is 3. The Balaban J connectivity index is 1.59. The third-order valence-corrected chi connectivity index (χ3v) is 5.86. The van der Waals surface area contributed by atoms with Crippen molar-refractivity contribution >= 4 is 27.5 Å². The van der Waals surface area contributed by atoms with Gasteiger partial charge in [-0.3, -0.25) is 4.79 Å². The first kappa shape index (κ1) is 21.5. The van der Waals surface area contributed by atoms with E-state index in [1.165, 1.54) is 24.3 Å². The molecule has 1 aromatic heterocycles. The minimum Gasteiger partial charge on any atom is -0.348 e. The van der Waals surface area contributed by atoms with Gasteiger partial charge in [0.15, 0.2) is 0 Å². The maximum Gasteiger partial charge on any atom is 0.251 e. The van der Waals surface area contributed by atoms with Crippen LogP contribution in [0, 0.1) is 11.3 Å². The topological polar surface area (TPSA) is 117 Å². The van der Waals surface area contributed by atoms with Crippen molar-refractivity contribution in [3.05, 3.63) is 77.1 Å². The zero-order valence-electron chi connectivity index (χ0n) is 15.7. The Morgan fingerprint density at radius 3 is 2.50 bits per heavy atom. The highest BCUT2D eigenvalue weighted by Gasteiger charge is 2.14. The van der Waals surface area contributed by atoms with Gasteiger partial charge in [0.1, 0.15) is 0 Å². The molecule has 2 aromatic carbocycles. The summed E-state index contributed by atoms with van der Waals surface area (Å²) in [5.74, 6) is -0.337. The maximum atomic E-state index is 12.4. The second-order valence-electron chi connectivity index (χ2n) is 6.28. The molecule has 154 valence electrons. The van der Waals surface area contributed by atoms with E-state index in [0.717, 1.165) is 11.3 Å². The average molecular weight is 444 g/mol. The summed E-state index contributed by atoms with van der Waals surface area (Å²) in [6, 6.07) is 14.6. The Hall–Kier alpha value is -3.19. The highest BCUT2D eigenvalue weighted by molar-refractivity contribution is 7.89. The second-order valence-corrected chi connectivity index (χ2v) is 8.49. The van der Waals surface area contributed by atoms with E-state index >= 15 is 0 Å². The predicted molar refractivity (Wildman–Crippen MR) is 112 cm³/mol. The number of rotatable bonds is 8. The molecule has 0 spiro atoms. The van der Waals surface area contributed by atoms with Gasteiger partial charge in [-0.25, -0.2) is 17.8 Å². The van der Waals surface area contributed by atoms with Crippen LogP contribution in [0.4, 0.5) is 0 Å². The van der Waals surface area contributed by atoms with Gasteiger partial charge in [0, 0.05) is 41.9 Å².